The van der Waals surface area contributed by atoms with Gasteiger partial charge >= 0.3 is 5.97 Å². The molecule has 0 aliphatic rings. The number of para-hydroxylation sites is 1. The van der Waals surface area contributed by atoms with Crippen LogP contribution in [-0.4, -0.2) is 42.5 Å². The number of nitrogens with zero attached hydrogens (tertiary/aromatic N) is 2. The van der Waals surface area contributed by atoms with Gasteiger partial charge in [-0.05, 0) is 63.1 Å². The zero-order valence-electron chi connectivity index (χ0n) is 18.8. The van der Waals surface area contributed by atoms with E-state index in [-0.39, 0.29) is 6.42 Å². The minimum absolute atomic E-state index is 0.189. The van der Waals surface area contributed by atoms with Crippen molar-refractivity contribution in [2.45, 2.75) is 33.1 Å². The van der Waals surface area contributed by atoms with Gasteiger partial charge in [0, 0.05) is 30.8 Å². The van der Waals surface area contributed by atoms with Crippen LogP contribution in [0.2, 0.25) is 0 Å². The topological polar surface area (TPSA) is 101 Å². The average Bonchev–Trinajstić information content (AvgIpc) is 3.25. The Morgan fingerprint density at radius 3 is 2.42 bits per heavy atom. The van der Waals surface area contributed by atoms with Crippen molar-refractivity contribution in [2.24, 2.45) is 0 Å². The summed E-state index contributed by atoms with van der Waals surface area (Å²) in [4.78, 5) is 42.7. The molecule has 3 rings (SSSR count). The molecule has 2 aromatic carbocycles. The molecule has 0 aliphatic heterocycles. The number of amides is 2. The monoisotopic (exact) mass is 468 g/mol. The Labute approximate surface area is 196 Å². The number of aryl methyl sites for hydroxylation is 1. The minimum atomic E-state index is -0.609. The van der Waals surface area contributed by atoms with Crippen LogP contribution in [0.25, 0.3) is 10.2 Å². The van der Waals surface area contributed by atoms with Crippen LogP contribution in [0.5, 0.6) is 0 Å². The molecule has 2 amide bonds. The predicted molar refractivity (Wildman–Crippen MR) is 129 cm³/mol. The summed E-state index contributed by atoms with van der Waals surface area (Å²) < 4.78 is 6.10. The third-order valence-electron chi connectivity index (χ3n) is 5.05. The third kappa shape index (κ3) is 7.01. The van der Waals surface area contributed by atoms with Crippen LogP contribution in [0, 0.1) is 0 Å². The average molecular weight is 469 g/mol. The van der Waals surface area contributed by atoms with E-state index in [2.05, 4.69) is 34.6 Å². The van der Waals surface area contributed by atoms with E-state index >= 15 is 0 Å². The standard InChI is InChI=1S/C24H28N4O4S/c1-3-28(4-2)18-14-12-17(13-15-18)24(31)27-26-21(29)16-32-23(30)11-7-10-22-25-19-8-5-6-9-20(19)33-22/h5-6,8-9,12-15H,3-4,7,10-11,16H2,1-2H3,(H,26,29)(H,27,31). The highest BCUT2D eigenvalue weighted by atomic mass is 32.1. The van der Waals surface area contributed by atoms with Crippen LogP contribution in [0.3, 0.4) is 0 Å². The summed E-state index contributed by atoms with van der Waals surface area (Å²) >= 11 is 1.61. The molecule has 3 aromatic rings. The highest BCUT2D eigenvalue weighted by Crippen LogP contribution is 2.22. The maximum absolute atomic E-state index is 12.2. The molecule has 0 saturated heterocycles. The number of anilines is 1. The quantitative estimate of drug-likeness (QED) is 0.349. The number of rotatable bonds is 10. The fourth-order valence-electron chi connectivity index (χ4n) is 3.28. The number of ether oxygens (including phenoxy) is 1. The lowest BCUT2D eigenvalue weighted by molar-refractivity contribution is -0.148. The van der Waals surface area contributed by atoms with Gasteiger partial charge < -0.3 is 9.64 Å². The summed E-state index contributed by atoms with van der Waals surface area (Å²) in [6, 6.07) is 15.0. The molecule has 0 aliphatic carbocycles. The number of fused-ring (bicyclic) bond motifs is 1. The smallest absolute Gasteiger partial charge is 0.306 e. The number of carbonyl (C=O) groups is 3. The first-order valence-electron chi connectivity index (χ1n) is 10.9. The van der Waals surface area contributed by atoms with E-state index in [0.717, 1.165) is 34.0 Å². The molecule has 0 fully saturated rings. The number of hydrogen-bond acceptors (Lipinski definition) is 7. The van der Waals surface area contributed by atoms with E-state index in [9.17, 15) is 14.4 Å². The van der Waals surface area contributed by atoms with Crippen LogP contribution < -0.4 is 15.8 Å². The number of hydrazine groups is 1. The third-order valence-corrected chi connectivity index (χ3v) is 6.14. The minimum Gasteiger partial charge on any atom is -0.455 e. The van der Waals surface area contributed by atoms with Crippen molar-refractivity contribution < 1.29 is 19.1 Å². The Morgan fingerprint density at radius 2 is 1.73 bits per heavy atom. The molecule has 8 nitrogen and oxygen atoms in total. The molecule has 0 atom stereocenters. The molecular formula is C24H28N4O4S. The highest BCUT2D eigenvalue weighted by molar-refractivity contribution is 7.18. The van der Waals surface area contributed by atoms with Gasteiger partial charge in [0.25, 0.3) is 11.8 Å². The van der Waals surface area contributed by atoms with Crippen molar-refractivity contribution in [3.8, 4) is 0 Å². The normalized spacial score (nSPS) is 10.6. The zero-order chi connectivity index (χ0) is 23.6. The van der Waals surface area contributed by atoms with Gasteiger partial charge in [0.2, 0.25) is 0 Å². The number of carbonyl (C=O) groups excluding carboxylic acids is 3. The first-order chi connectivity index (χ1) is 16.0. The lowest BCUT2D eigenvalue weighted by Crippen LogP contribution is -2.43. The molecule has 1 heterocycles. The molecule has 0 spiro atoms. The highest BCUT2D eigenvalue weighted by Gasteiger charge is 2.11. The molecule has 0 bridgehead atoms. The molecule has 0 radical (unpaired) electrons. The van der Waals surface area contributed by atoms with Gasteiger partial charge in [0.05, 0.1) is 15.2 Å². The van der Waals surface area contributed by atoms with Gasteiger partial charge in [-0.1, -0.05) is 12.1 Å². The second kappa shape index (κ2) is 12.0. The van der Waals surface area contributed by atoms with E-state index in [4.69, 9.17) is 4.74 Å². The molecule has 2 N–H and O–H groups in total. The Balaban J connectivity index is 1.33. The number of thiazole rings is 1. The Morgan fingerprint density at radius 1 is 1.00 bits per heavy atom. The first kappa shape index (κ1) is 24.2. The first-order valence-corrected chi connectivity index (χ1v) is 11.8. The van der Waals surface area contributed by atoms with Gasteiger partial charge in [0.1, 0.15) is 0 Å². The van der Waals surface area contributed by atoms with Crippen molar-refractivity contribution >= 4 is 45.0 Å². The molecule has 33 heavy (non-hydrogen) atoms. The van der Waals surface area contributed by atoms with Crippen molar-refractivity contribution in [3.05, 3.63) is 59.1 Å². The van der Waals surface area contributed by atoms with E-state index < -0.39 is 24.4 Å². The van der Waals surface area contributed by atoms with Gasteiger partial charge in [-0.2, -0.15) is 0 Å². The lowest BCUT2D eigenvalue weighted by Gasteiger charge is -2.21. The van der Waals surface area contributed by atoms with E-state index in [1.807, 2.05) is 36.4 Å². The molecular weight excluding hydrogens is 440 g/mol. The summed E-state index contributed by atoms with van der Waals surface area (Å²) in [6.07, 6.45) is 1.44. The van der Waals surface area contributed by atoms with Gasteiger partial charge in [-0.3, -0.25) is 25.2 Å². The van der Waals surface area contributed by atoms with Gasteiger partial charge in [-0.25, -0.2) is 4.98 Å². The van der Waals surface area contributed by atoms with E-state index in [1.165, 1.54) is 0 Å². The van der Waals surface area contributed by atoms with Crippen molar-refractivity contribution in [2.75, 3.05) is 24.6 Å². The molecule has 1 aromatic heterocycles. The van der Waals surface area contributed by atoms with Crippen LogP contribution in [0.4, 0.5) is 5.69 Å². The van der Waals surface area contributed by atoms with E-state index in [0.29, 0.717) is 18.4 Å². The van der Waals surface area contributed by atoms with Crippen molar-refractivity contribution in [1.29, 1.82) is 0 Å². The Hall–Kier alpha value is -3.46. The summed E-state index contributed by atoms with van der Waals surface area (Å²) in [5, 5.41) is 0.967. The Kier molecular flexibility index (Phi) is 8.77. The SMILES string of the molecule is CCN(CC)c1ccc(C(=O)NNC(=O)COC(=O)CCCc2nc3ccccc3s2)cc1. The number of hydrogen-bond donors (Lipinski definition) is 2. The fraction of sp³-hybridized carbons (Fsp3) is 0.333. The number of aromatic nitrogens is 1. The van der Waals surface area contributed by atoms with E-state index in [1.54, 1.807) is 23.5 Å². The van der Waals surface area contributed by atoms with Crippen LogP contribution in [0.15, 0.2) is 48.5 Å². The number of esters is 1. The number of nitrogens with one attached hydrogen (secondary N) is 2. The maximum atomic E-state index is 12.2. The second-order valence-electron chi connectivity index (χ2n) is 7.31. The molecule has 0 saturated carbocycles. The summed E-state index contributed by atoms with van der Waals surface area (Å²) in [5.41, 5.74) is 6.98. The molecule has 0 unspecified atom stereocenters. The second-order valence-corrected chi connectivity index (χ2v) is 8.43. The van der Waals surface area contributed by atoms with Gasteiger partial charge in [-0.15, -0.1) is 11.3 Å². The fourth-order valence-corrected chi connectivity index (χ4v) is 4.29. The maximum Gasteiger partial charge on any atom is 0.306 e. The zero-order valence-corrected chi connectivity index (χ0v) is 19.6. The van der Waals surface area contributed by atoms with Gasteiger partial charge in [0.15, 0.2) is 6.61 Å². The summed E-state index contributed by atoms with van der Waals surface area (Å²) in [5.74, 6) is -1.52. The van der Waals surface area contributed by atoms with Crippen LogP contribution in [-0.2, 0) is 20.7 Å². The predicted octanol–water partition coefficient (Wildman–Crippen LogP) is 3.47. The molecule has 9 heteroatoms. The molecule has 174 valence electrons. The largest absolute Gasteiger partial charge is 0.455 e. The Bertz CT molecular complexity index is 1060. The summed E-state index contributed by atoms with van der Waals surface area (Å²) in [7, 11) is 0. The summed E-state index contributed by atoms with van der Waals surface area (Å²) in [6.45, 7) is 5.42. The lowest BCUT2D eigenvalue weighted by atomic mass is 10.2. The van der Waals surface area contributed by atoms with Crippen LogP contribution in [0.1, 0.15) is 42.1 Å². The van der Waals surface area contributed by atoms with Crippen LogP contribution >= 0.6 is 11.3 Å². The van der Waals surface area contributed by atoms with Crippen molar-refractivity contribution in [3.63, 3.8) is 0 Å². The number of benzene rings is 2. The van der Waals surface area contributed by atoms with Crippen molar-refractivity contribution in [1.82, 2.24) is 15.8 Å².